The highest BCUT2D eigenvalue weighted by atomic mass is 16.2. The number of carbonyl (C=O) groups excluding carboxylic acids is 1. The van der Waals surface area contributed by atoms with Gasteiger partial charge in [-0.15, -0.1) is 0 Å². The van der Waals surface area contributed by atoms with Crippen LogP contribution >= 0.6 is 0 Å². The number of nitrogens with one attached hydrogen (secondary N) is 2. The molecule has 2 rings (SSSR count). The number of piperazine rings is 1. The van der Waals surface area contributed by atoms with Crippen LogP contribution in [-0.4, -0.2) is 86.6 Å². The third-order valence-electron chi connectivity index (χ3n) is 5.82. The summed E-state index contributed by atoms with van der Waals surface area (Å²) < 4.78 is 0. The molecule has 0 saturated carbocycles. The van der Waals surface area contributed by atoms with E-state index < -0.39 is 0 Å². The Kier molecular flexibility index (Phi) is 10.6. The number of nitrogens with zero attached hydrogens (tertiary/aromatic N) is 4. The second-order valence-corrected chi connectivity index (χ2v) is 8.66. The minimum Gasteiger partial charge on any atom is -0.368 e. The first kappa shape index (κ1) is 25.0. The Morgan fingerprint density at radius 2 is 1.61 bits per heavy atom. The lowest BCUT2D eigenvalue weighted by atomic mass is 10.2. The predicted octanol–water partition coefficient (Wildman–Crippen LogP) is 2.40. The van der Waals surface area contributed by atoms with Gasteiger partial charge in [-0.3, -0.25) is 14.7 Å². The third kappa shape index (κ3) is 8.40. The highest BCUT2D eigenvalue weighted by Gasteiger charge is 2.21. The summed E-state index contributed by atoms with van der Waals surface area (Å²) in [5, 5.41) is 6.64. The number of guanidine groups is 1. The number of hydrogen-bond acceptors (Lipinski definition) is 4. The predicted molar refractivity (Wildman–Crippen MR) is 131 cm³/mol. The van der Waals surface area contributed by atoms with E-state index in [-0.39, 0.29) is 5.91 Å². The molecule has 1 saturated heterocycles. The molecule has 1 amide bonds. The summed E-state index contributed by atoms with van der Waals surface area (Å²) in [6.07, 6.45) is 1.54. The maximum absolute atomic E-state index is 12.6. The van der Waals surface area contributed by atoms with E-state index in [0.717, 1.165) is 51.6 Å². The van der Waals surface area contributed by atoms with Crippen molar-refractivity contribution in [1.82, 2.24) is 20.4 Å². The monoisotopic (exact) mass is 430 g/mol. The van der Waals surface area contributed by atoms with Crippen LogP contribution in [0.15, 0.2) is 35.3 Å². The molecule has 0 atom stereocenters. The minimum absolute atomic E-state index is 0.208. The molecular formula is C24H42N6O. The van der Waals surface area contributed by atoms with Crippen molar-refractivity contribution in [2.45, 2.75) is 52.6 Å². The van der Waals surface area contributed by atoms with Gasteiger partial charge in [-0.25, -0.2) is 0 Å². The lowest BCUT2D eigenvalue weighted by Gasteiger charge is -2.36. The van der Waals surface area contributed by atoms with Crippen LogP contribution in [0.3, 0.4) is 0 Å². The Hall–Kier alpha value is -2.28. The molecule has 1 aliphatic heterocycles. The normalized spacial score (nSPS) is 15.2. The average molecular weight is 431 g/mol. The van der Waals surface area contributed by atoms with E-state index in [1.54, 1.807) is 7.05 Å². The summed E-state index contributed by atoms with van der Waals surface area (Å²) in [7, 11) is 1.77. The molecule has 0 bridgehead atoms. The zero-order valence-corrected chi connectivity index (χ0v) is 20.1. The van der Waals surface area contributed by atoms with Crippen molar-refractivity contribution in [2.24, 2.45) is 4.99 Å². The molecule has 1 aliphatic rings. The molecule has 0 unspecified atom stereocenters. The third-order valence-corrected chi connectivity index (χ3v) is 5.82. The number of benzene rings is 1. The Labute approximate surface area is 188 Å². The SMILES string of the molecule is CN=C(NCCCN(C(C)C)C(C)C)NCCC(=O)N1CCN(c2ccccc2)CC1. The van der Waals surface area contributed by atoms with Crippen molar-refractivity contribution in [3.05, 3.63) is 30.3 Å². The number of aliphatic imine (C=N–C) groups is 1. The van der Waals surface area contributed by atoms with Gasteiger partial charge in [-0.2, -0.15) is 0 Å². The number of amides is 1. The second-order valence-electron chi connectivity index (χ2n) is 8.66. The van der Waals surface area contributed by atoms with Crippen molar-refractivity contribution in [2.75, 3.05) is 57.8 Å². The van der Waals surface area contributed by atoms with Gasteiger partial charge >= 0.3 is 0 Å². The Morgan fingerprint density at radius 1 is 1.00 bits per heavy atom. The zero-order chi connectivity index (χ0) is 22.6. The lowest BCUT2D eigenvalue weighted by Crippen LogP contribution is -2.49. The van der Waals surface area contributed by atoms with Crippen LogP contribution in [0.25, 0.3) is 0 Å². The summed E-state index contributed by atoms with van der Waals surface area (Å²) in [4.78, 5) is 23.7. The van der Waals surface area contributed by atoms with Crippen LogP contribution in [0, 0.1) is 0 Å². The van der Waals surface area contributed by atoms with Crippen LogP contribution < -0.4 is 15.5 Å². The maximum atomic E-state index is 12.6. The van der Waals surface area contributed by atoms with Gasteiger partial charge in [-0.1, -0.05) is 18.2 Å². The smallest absolute Gasteiger partial charge is 0.224 e. The zero-order valence-electron chi connectivity index (χ0n) is 20.1. The Morgan fingerprint density at radius 3 is 2.19 bits per heavy atom. The van der Waals surface area contributed by atoms with E-state index in [2.05, 4.69) is 77.4 Å². The van der Waals surface area contributed by atoms with Crippen LogP contribution in [0.2, 0.25) is 0 Å². The van der Waals surface area contributed by atoms with Crippen molar-refractivity contribution < 1.29 is 4.79 Å². The molecule has 2 N–H and O–H groups in total. The van der Waals surface area contributed by atoms with Gasteiger partial charge in [0.15, 0.2) is 5.96 Å². The van der Waals surface area contributed by atoms with Crippen LogP contribution in [0.1, 0.15) is 40.5 Å². The van der Waals surface area contributed by atoms with Gasteiger partial charge in [0.1, 0.15) is 0 Å². The Balaban J connectivity index is 1.62. The second kappa shape index (κ2) is 13.2. The first-order valence-corrected chi connectivity index (χ1v) is 11.7. The molecule has 1 heterocycles. The molecule has 0 spiro atoms. The lowest BCUT2D eigenvalue weighted by molar-refractivity contribution is -0.131. The highest BCUT2D eigenvalue weighted by Crippen LogP contribution is 2.15. The summed E-state index contributed by atoms with van der Waals surface area (Å²) >= 11 is 0. The first-order chi connectivity index (χ1) is 14.9. The number of hydrogen-bond donors (Lipinski definition) is 2. The molecular weight excluding hydrogens is 388 g/mol. The van der Waals surface area contributed by atoms with Crippen LogP contribution in [0.5, 0.6) is 0 Å². The minimum atomic E-state index is 0.208. The van der Waals surface area contributed by atoms with E-state index in [4.69, 9.17) is 0 Å². The molecule has 1 aromatic rings. The number of para-hydroxylation sites is 1. The van der Waals surface area contributed by atoms with Gasteiger partial charge in [0, 0.05) is 77.1 Å². The molecule has 7 nitrogen and oxygen atoms in total. The van der Waals surface area contributed by atoms with Gasteiger partial charge in [0.2, 0.25) is 5.91 Å². The number of rotatable bonds is 10. The Bertz CT molecular complexity index is 660. The molecule has 1 aromatic carbocycles. The standard InChI is InChI=1S/C24H42N6O/c1-20(2)30(21(3)4)15-9-13-26-24(25-5)27-14-12-23(31)29-18-16-28(17-19-29)22-10-7-6-8-11-22/h6-8,10-11,20-21H,9,12-19H2,1-5H3,(H2,25,26,27). The number of anilines is 1. The van der Waals surface area contributed by atoms with Gasteiger partial charge in [-0.05, 0) is 46.2 Å². The molecule has 0 aromatic heterocycles. The van der Waals surface area contributed by atoms with Crippen molar-refractivity contribution in [1.29, 1.82) is 0 Å². The average Bonchev–Trinajstić information content (AvgIpc) is 2.77. The van der Waals surface area contributed by atoms with Gasteiger partial charge < -0.3 is 20.4 Å². The van der Waals surface area contributed by atoms with E-state index >= 15 is 0 Å². The summed E-state index contributed by atoms with van der Waals surface area (Å²) in [5.41, 5.74) is 1.23. The molecule has 0 aliphatic carbocycles. The topological polar surface area (TPSA) is 63.2 Å². The first-order valence-electron chi connectivity index (χ1n) is 11.7. The number of carbonyl (C=O) groups is 1. The van der Waals surface area contributed by atoms with Crippen molar-refractivity contribution in [3.8, 4) is 0 Å². The fraction of sp³-hybridized carbons (Fsp3) is 0.667. The molecule has 0 radical (unpaired) electrons. The summed E-state index contributed by atoms with van der Waals surface area (Å²) in [5.74, 6) is 0.975. The molecule has 1 fully saturated rings. The van der Waals surface area contributed by atoms with E-state index in [1.807, 2.05) is 11.0 Å². The van der Waals surface area contributed by atoms with Crippen LogP contribution in [-0.2, 0) is 4.79 Å². The molecule has 31 heavy (non-hydrogen) atoms. The largest absolute Gasteiger partial charge is 0.368 e. The highest BCUT2D eigenvalue weighted by molar-refractivity contribution is 5.81. The van der Waals surface area contributed by atoms with Gasteiger partial charge in [0.05, 0.1) is 0 Å². The fourth-order valence-electron chi connectivity index (χ4n) is 4.10. The summed E-state index contributed by atoms with van der Waals surface area (Å²) in [6, 6.07) is 11.5. The van der Waals surface area contributed by atoms with E-state index in [1.165, 1.54) is 5.69 Å². The fourth-order valence-corrected chi connectivity index (χ4v) is 4.10. The van der Waals surface area contributed by atoms with E-state index in [0.29, 0.717) is 25.0 Å². The van der Waals surface area contributed by atoms with Crippen molar-refractivity contribution in [3.63, 3.8) is 0 Å². The molecule has 7 heteroatoms. The maximum Gasteiger partial charge on any atom is 0.224 e. The van der Waals surface area contributed by atoms with Gasteiger partial charge in [0.25, 0.3) is 0 Å². The van der Waals surface area contributed by atoms with E-state index in [9.17, 15) is 4.79 Å². The van der Waals surface area contributed by atoms with Crippen LogP contribution in [0.4, 0.5) is 5.69 Å². The van der Waals surface area contributed by atoms with Crippen molar-refractivity contribution >= 4 is 17.6 Å². The quantitative estimate of drug-likeness (QED) is 0.339. The molecule has 174 valence electrons. The summed E-state index contributed by atoms with van der Waals surface area (Å²) in [6.45, 7) is 14.8.